The maximum absolute atomic E-state index is 4.11. The summed E-state index contributed by atoms with van der Waals surface area (Å²) in [7, 11) is 0. The molecule has 5 heteroatoms. The van der Waals surface area contributed by atoms with E-state index in [0.717, 1.165) is 16.0 Å². The van der Waals surface area contributed by atoms with Crippen LogP contribution in [0.4, 0.5) is 5.69 Å². The molecule has 0 saturated heterocycles. The van der Waals surface area contributed by atoms with Crippen LogP contribution in [-0.2, 0) is 6.54 Å². The van der Waals surface area contributed by atoms with Crippen LogP contribution in [0.5, 0.6) is 0 Å². The number of hydrogen-bond donors (Lipinski definition) is 1. The maximum Gasteiger partial charge on any atom is 0.129 e. The first-order valence-corrected chi connectivity index (χ1v) is 5.25. The molecule has 15 heavy (non-hydrogen) atoms. The molecule has 0 spiro atoms. The molecule has 0 unspecified atom stereocenters. The molecule has 0 radical (unpaired) electrons. The van der Waals surface area contributed by atoms with E-state index in [4.69, 9.17) is 0 Å². The molecule has 0 aromatic carbocycles. The van der Waals surface area contributed by atoms with Crippen LogP contribution in [0.25, 0.3) is 0 Å². The molecular weight excluding hydrogens is 256 g/mol. The fourth-order valence-electron chi connectivity index (χ4n) is 1.13. The minimum Gasteiger partial charge on any atom is -0.377 e. The lowest BCUT2D eigenvalue weighted by Crippen LogP contribution is -2.02. The lowest BCUT2D eigenvalue weighted by molar-refractivity contribution is 1.00. The van der Waals surface area contributed by atoms with Crippen LogP contribution in [0, 0.1) is 0 Å². The van der Waals surface area contributed by atoms with Gasteiger partial charge < -0.3 is 5.32 Å². The molecule has 0 bridgehead atoms. The average Bonchev–Trinajstić information content (AvgIpc) is 2.29. The number of hydrogen-bond acceptors (Lipinski definition) is 4. The van der Waals surface area contributed by atoms with Crippen molar-refractivity contribution in [3.63, 3.8) is 0 Å². The van der Waals surface area contributed by atoms with E-state index < -0.39 is 0 Å². The van der Waals surface area contributed by atoms with Crippen LogP contribution < -0.4 is 5.32 Å². The Kier molecular flexibility index (Phi) is 3.24. The van der Waals surface area contributed by atoms with Crippen molar-refractivity contribution in [2.75, 3.05) is 5.32 Å². The first-order valence-electron chi connectivity index (χ1n) is 4.45. The summed E-state index contributed by atoms with van der Waals surface area (Å²) in [6.45, 7) is 0.660. The van der Waals surface area contributed by atoms with Crippen molar-refractivity contribution in [1.29, 1.82) is 0 Å². The normalized spacial score (nSPS) is 9.93. The standard InChI is InChI=1S/C10H9BrN4/c11-10-9(2-1-4-13-10)14-6-8-3-5-12-7-15-8/h1-5,7,14H,6H2. The van der Waals surface area contributed by atoms with Gasteiger partial charge in [0.2, 0.25) is 0 Å². The van der Waals surface area contributed by atoms with Gasteiger partial charge in [-0.2, -0.15) is 0 Å². The SMILES string of the molecule is Brc1ncccc1NCc1ccncn1. The van der Waals surface area contributed by atoms with E-state index >= 15 is 0 Å². The highest BCUT2D eigenvalue weighted by atomic mass is 79.9. The Labute approximate surface area is 95.9 Å². The molecule has 0 aliphatic heterocycles. The van der Waals surface area contributed by atoms with Crippen LogP contribution in [-0.4, -0.2) is 15.0 Å². The lowest BCUT2D eigenvalue weighted by atomic mass is 10.3. The monoisotopic (exact) mass is 264 g/mol. The van der Waals surface area contributed by atoms with Gasteiger partial charge in [0, 0.05) is 12.4 Å². The van der Waals surface area contributed by atoms with Crippen LogP contribution >= 0.6 is 15.9 Å². The second-order valence-corrected chi connectivity index (χ2v) is 3.65. The minimum absolute atomic E-state index is 0.660. The smallest absolute Gasteiger partial charge is 0.129 e. The van der Waals surface area contributed by atoms with Crippen LogP contribution in [0.15, 0.2) is 41.5 Å². The first-order chi connectivity index (χ1) is 7.36. The van der Waals surface area contributed by atoms with Crippen molar-refractivity contribution in [2.24, 2.45) is 0 Å². The van der Waals surface area contributed by atoms with Crippen LogP contribution in [0.3, 0.4) is 0 Å². The van der Waals surface area contributed by atoms with Gasteiger partial charge in [-0.15, -0.1) is 0 Å². The van der Waals surface area contributed by atoms with E-state index in [-0.39, 0.29) is 0 Å². The molecular formula is C10H9BrN4. The summed E-state index contributed by atoms with van der Waals surface area (Å²) in [5.74, 6) is 0. The van der Waals surface area contributed by atoms with Crippen molar-refractivity contribution in [2.45, 2.75) is 6.54 Å². The Bertz CT molecular complexity index is 432. The number of pyridine rings is 1. The van der Waals surface area contributed by atoms with Gasteiger partial charge in [-0.1, -0.05) is 0 Å². The van der Waals surface area contributed by atoms with E-state index in [1.807, 2.05) is 18.2 Å². The van der Waals surface area contributed by atoms with E-state index in [1.165, 1.54) is 6.33 Å². The molecule has 2 heterocycles. The Hall–Kier alpha value is -1.49. The highest BCUT2D eigenvalue weighted by molar-refractivity contribution is 9.10. The number of nitrogens with one attached hydrogen (secondary N) is 1. The van der Waals surface area contributed by atoms with Crippen LogP contribution in [0.1, 0.15) is 5.69 Å². The van der Waals surface area contributed by atoms with Crippen molar-refractivity contribution in [3.05, 3.63) is 47.2 Å². The second kappa shape index (κ2) is 4.84. The summed E-state index contributed by atoms with van der Waals surface area (Å²) in [4.78, 5) is 12.1. The number of rotatable bonds is 3. The largest absolute Gasteiger partial charge is 0.377 e. The molecule has 2 aromatic heterocycles. The third-order valence-corrected chi connectivity index (χ3v) is 2.49. The van der Waals surface area contributed by atoms with Crippen molar-refractivity contribution >= 4 is 21.6 Å². The first kappa shape index (κ1) is 10.0. The fraction of sp³-hybridized carbons (Fsp3) is 0.100. The summed E-state index contributed by atoms with van der Waals surface area (Å²) < 4.78 is 0.805. The zero-order chi connectivity index (χ0) is 10.5. The maximum atomic E-state index is 4.11. The molecule has 0 amide bonds. The Balaban J connectivity index is 2.03. The second-order valence-electron chi connectivity index (χ2n) is 2.90. The fourth-order valence-corrected chi connectivity index (χ4v) is 1.52. The van der Waals surface area contributed by atoms with E-state index in [9.17, 15) is 0 Å². The molecule has 1 N–H and O–H groups in total. The van der Waals surface area contributed by atoms with Gasteiger partial charge in [0.15, 0.2) is 0 Å². The Morgan fingerprint density at radius 1 is 1.20 bits per heavy atom. The summed E-state index contributed by atoms with van der Waals surface area (Å²) in [5.41, 5.74) is 1.90. The lowest BCUT2D eigenvalue weighted by Gasteiger charge is -2.06. The minimum atomic E-state index is 0.660. The van der Waals surface area contributed by atoms with Gasteiger partial charge in [0.25, 0.3) is 0 Å². The summed E-state index contributed by atoms with van der Waals surface area (Å²) in [6, 6.07) is 5.71. The van der Waals surface area contributed by atoms with Gasteiger partial charge in [-0.05, 0) is 34.1 Å². The zero-order valence-corrected chi connectivity index (χ0v) is 9.48. The Morgan fingerprint density at radius 3 is 2.87 bits per heavy atom. The number of aromatic nitrogens is 3. The molecule has 76 valence electrons. The number of nitrogens with zero attached hydrogens (tertiary/aromatic N) is 3. The molecule has 0 atom stereocenters. The van der Waals surface area contributed by atoms with Crippen molar-refractivity contribution < 1.29 is 0 Å². The molecule has 2 rings (SSSR count). The Morgan fingerprint density at radius 2 is 2.13 bits per heavy atom. The molecule has 0 fully saturated rings. The molecule has 4 nitrogen and oxygen atoms in total. The summed E-state index contributed by atoms with van der Waals surface area (Å²) in [5, 5.41) is 3.23. The quantitative estimate of drug-likeness (QED) is 0.865. The van der Waals surface area contributed by atoms with Gasteiger partial charge in [-0.3, -0.25) is 0 Å². The van der Waals surface area contributed by atoms with Gasteiger partial charge >= 0.3 is 0 Å². The van der Waals surface area contributed by atoms with Crippen molar-refractivity contribution in [3.8, 4) is 0 Å². The zero-order valence-electron chi connectivity index (χ0n) is 7.89. The molecule has 2 aromatic rings. The summed E-state index contributed by atoms with van der Waals surface area (Å²) in [6.07, 6.45) is 5.00. The third kappa shape index (κ3) is 2.73. The average molecular weight is 265 g/mol. The predicted octanol–water partition coefficient (Wildman–Crippen LogP) is 2.25. The molecule has 0 saturated carbocycles. The van der Waals surface area contributed by atoms with E-state index in [0.29, 0.717) is 6.54 Å². The third-order valence-electron chi connectivity index (χ3n) is 1.86. The molecule has 0 aliphatic carbocycles. The van der Waals surface area contributed by atoms with Gasteiger partial charge in [-0.25, -0.2) is 15.0 Å². The van der Waals surface area contributed by atoms with Gasteiger partial charge in [0.05, 0.1) is 17.9 Å². The number of anilines is 1. The van der Waals surface area contributed by atoms with Gasteiger partial charge in [0.1, 0.15) is 10.9 Å². The summed E-state index contributed by atoms with van der Waals surface area (Å²) >= 11 is 3.36. The van der Waals surface area contributed by atoms with E-state index in [2.05, 4.69) is 36.2 Å². The van der Waals surface area contributed by atoms with E-state index in [1.54, 1.807) is 12.4 Å². The highest BCUT2D eigenvalue weighted by Crippen LogP contribution is 2.18. The highest BCUT2D eigenvalue weighted by Gasteiger charge is 1.99. The number of halogens is 1. The molecule has 0 aliphatic rings. The van der Waals surface area contributed by atoms with Crippen LogP contribution in [0.2, 0.25) is 0 Å². The topological polar surface area (TPSA) is 50.7 Å². The predicted molar refractivity (Wildman–Crippen MR) is 61.3 cm³/mol. The van der Waals surface area contributed by atoms with Crippen molar-refractivity contribution in [1.82, 2.24) is 15.0 Å².